The van der Waals surface area contributed by atoms with Gasteiger partial charge in [0, 0.05) is 25.7 Å². The minimum atomic E-state index is 0.384. The zero-order valence-electron chi connectivity index (χ0n) is 10.2. The lowest BCUT2D eigenvalue weighted by molar-refractivity contribution is 0.0868. The Morgan fingerprint density at radius 1 is 1.40 bits per heavy atom. The Morgan fingerprint density at radius 3 is 2.87 bits per heavy atom. The third-order valence-electron chi connectivity index (χ3n) is 2.93. The predicted octanol–water partition coefficient (Wildman–Crippen LogP) is 1.47. The van der Waals surface area contributed by atoms with E-state index in [1.165, 1.54) is 25.8 Å². The average Bonchev–Trinajstić information content (AvgIpc) is 2.17. The molecule has 2 N–H and O–H groups in total. The number of piperidine rings is 1. The van der Waals surface area contributed by atoms with Crippen LogP contribution < -0.4 is 5.73 Å². The molecule has 0 aromatic carbocycles. The second-order valence-electron chi connectivity index (χ2n) is 5.00. The molecule has 15 heavy (non-hydrogen) atoms. The quantitative estimate of drug-likeness (QED) is 0.681. The van der Waals surface area contributed by atoms with Crippen molar-refractivity contribution < 1.29 is 4.74 Å². The topological polar surface area (TPSA) is 38.5 Å². The first-order valence-electron chi connectivity index (χ1n) is 6.24. The van der Waals surface area contributed by atoms with Crippen molar-refractivity contribution in [2.75, 3.05) is 32.8 Å². The molecule has 1 aliphatic heterocycles. The molecule has 90 valence electrons. The van der Waals surface area contributed by atoms with Crippen LogP contribution in [0.3, 0.4) is 0 Å². The molecular weight excluding hydrogens is 188 g/mol. The summed E-state index contributed by atoms with van der Waals surface area (Å²) in [7, 11) is 0. The van der Waals surface area contributed by atoms with Gasteiger partial charge in [0.15, 0.2) is 0 Å². The van der Waals surface area contributed by atoms with Crippen molar-refractivity contribution in [3.05, 3.63) is 0 Å². The minimum absolute atomic E-state index is 0.384. The Labute approximate surface area is 94.0 Å². The molecule has 0 bridgehead atoms. The van der Waals surface area contributed by atoms with E-state index in [0.29, 0.717) is 6.04 Å². The van der Waals surface area contributed by atoms with Gasteiger partial charge in [0.2, 0.25) is 0 Å². The second kappa shape index (κ2) is 7.20. The van der Waals surface area contributed by atoms with Crippen LogP contribution in [0.4, 0.5) is 0 Å². The molecule has 1 saturated heterocycles. The Kier molecular flexibility index (Phi) is 6.22. The summed E-state index contributed by atoms with van der Waals surface area (Å²) in [6.45, 7) is 9.51. The van der Waals surface area contributed by atoms with E-state index in [1.54, 1.807) is 0 Å². The number of hydrogen-bond acceptors (Lipinski definition) is 3. The molecule has 0 spiro atoms. The first kappa shape index (κ1) is 12.9. The van der Waals surface area contributed by atoms with E-state index < -0.39 is 0 Å². The fourth-order valence-electron chi connectivity index (χ4n) is 1.91. The number of rotatable bonds is 6. The summed E-state index contributed by atoms with van der Waals surface area (Å²) >= 11 is 0. The molecule has 0 aliphatic carbocycles. The Hall–Kier alpha value is -0.120. The number of nitrogens with zero attached hydrogens (tertiary/aromatic N) is 1. The molecule has 3 heteroatoms. The predicted molar refractivity (Wildman–Crippen MR) is 63.9 cm³/mol. The van der Waals surface area contributed by atoms with Gasteiger partial charge in [-0.2, -0.15) is 0 Å². The van der Waals surface area contributed by atoms with Gasteiger partial charge in [-0.3, -0.25) is 4.90 Å². The number of likely N-dealkylation sites (tertiary alicyclic amines) is 1. The van der Waals surface area contributed by atoms with Crippen molar-refractivity contribution in [1.82, 2.24) is 4.90 Å². The Balaban J connectivity index is 1.95. The molecule has 0 saturated carbocycles. The highest BCUT2D eigenvalue weighted by Gasteiger charge is 2.15. The lowest BCUT2D eigenvalue weighted by Crippen LogP contribution is -2.44. The Bertz CT molecular complexity index is 162. The molecule has 1 atom stereocenters. The van der Waals surface area contributed by atoms with Gasteiger partial charge >= 0.3 is 0 Å². The van der Waals surface area contributed by atoms with Crippen molar-refractivity contribution in [3.8, 4) is 0 Å². The van der Waals surface area contributed by atoms with E-state index in [9.17, 15) is 0 Å². The zero-order valence-corrected chi connectivity index (χ0v) is 10.2. The van der Waals surface area contributed by atoms with E-state index in [0.717, 1.165) is 32.2 Å². The maximum Gasteiger partial charge on any atom is 0.0593 e. The van der Waals surface area contributed by atoms with Crippen LogP contribution in [0.1, 0.15) is 33.1 Å². The molecule has 1 rings (SSSR count). The van der Waals surface area contributed by atoms with Gasteiger partial charge in [-0.05, 0) is 31.7 Å². The van der Waals surface area contributed by atoms with Crippen LogP contribution in [-0.2, 0) is 4.74 Å². The van der Waals surface area contributed by atoms with Gasteiger partial charge in [-0.15, -0.1) is 0 Å². The maximum absolute atomic E-state index is 5.91. The van der Waals surface area contributed by atoms with Crippen LogP contribution in [0.15, 0.2) is 0 Å². The molecule has 0 radical (unpaired) electrons. The van der Waals surface area contributed by atoms with Crippen LogP contribution in [-0.4, -0.2) is 43.8 Å². The fraction of sp³-hybridized carbons (Fsp3) is 1.00. The van der Waals surface area contributed by atoms with Gasteiger partial charge < -0.3 is 10.5 Å². The highest BCUT2D eigenvalue weighted by Crippen LogP contribution is 2.07. The Morgan fingerprint density at radius 2 is 2.20 bits per heavy atom. The first-order chi connectivity index (χ1) is 7.18. The molecule has 1 unspecified atom stereocenters. The smallest absolute Gasteiger partial charge is 0.0593 e. The van der Waals surface area contributed by atoms with Gasteiger partial charge in [0.05, 0.1) is 6.61 Å². The summed E-state index contributed by atoms with van der Waals surface area (Å²) < 4.78 is 5.60. The van der Waals surface area contributed by atoms with Crippen molar-refractivity contribution in [1.29, 1.82) is 0 Å². The summed E-state index contributed by atoms with van der Waals surface area (Å²) in [5.41, 5.74) is 5.91. The molecule has 3 nitrogen and oxygen atoms in total. The highest BCUT2D eigenvalue weighted by atomic mass is 16.5. The summed E-state index contributed by atoms with van der Waals surface area (Å²) in [4.78, 5) is 2.42. The minimum Gasteiger partial charge on any atom is -0.380 e. The number of hydrogen-bond donors (Lipinski definition) is 1. The number of nitrogens with two attached hydrogens (primary N) is 1. The molecule has 0 amide bonds. The summed E-state index contributed by atoms with van der Waals surface area (Å²) in [6.07, 6.45) is 3.59. The molecule has 0 aromatic rings. The summed E-state index contributed by atoms with van der Waals surface area (Å²) in [6, 6.07) is 0.384. The van der Waals surface area contributed by atoms with Crippen molar-refractivity contribution in [2.45, 2.75) is 39.2 Å². The van der Waals surface area contributed by atoms with Gasteiger partial charge in [0.25, 0.3) is 0 Å². The van der Waals surface area contributed by atoms with Crippen LogP contribution >= 0.6 is 0 Å². The maximum atomic E-state index is 5.91. The third-order valence-corrected chi connectivity index (χ3v) is 2.93. The fourth-order valence-corrected chi connectivity index (χ4v) is 1.91. The van der Waals surface area contributed by atoms with Gasteiger partial charge in [-0.1, -0.05) is 13.8 Å². The van der Waals surface area contributed by atoms with E-state index in [4.69, 9.17) is 10.5 Å². The van der Waals surface area contributed by atoms with Crippen molar-refractivity contribution >= 4 is 0 Å². The molecule has 1 heterocycles. The summed E-state index contributed by atoms with van der Waals surface area (Å²) in [5, 5.41) is 0. The average molecular weight is 214 g/mol. The normalized spacial score (nSPS) is 23.6. The molecule has 1 aliphatic rings. The van der Waals surface area contributed by atoms with E-state index in [-0.39, 0.29) is 0 Å². The lowest BCUT2D eigenvalue weighted by Gasteiger charge is -2.30. The first-order valence-corrected chi connectivity index (χ1v) is 6.24. The van der Waals surface area contributed by atoms with Crippen LogP contribution in [0.2, 0.25) is 0 Å². The van der Waals surface area contributed by atoms with Crippen LogP contribution in [0, 0.1) is 5.92 Å². The largest absolute Gasteiger partial charge is 0.380 e. The zero-order chi connectivity index (χ0) is 11.1. The third kappa shape index (κ3) is 6.13. The van der Waals surface area contributed by atoms with Crippen LogP contribution in [0.5, 0.6) is 0 Å². The molecule has 1 fully saturated rings. The van der Waals surface area contributed by atoms with Gasteiger partial charge in [0.1, 0.15) is 0 Å². The van der Waals surface area contributed by atoms with Crippen molar-refractivity contribution in [2.24, 2.45) is 11.7 Å². The van der Waals surface area contributed by atoms with E-state index in [1.807, 2.05) is 0 Å². The standard InChI is InChI=1S/C12H26N2O/c1-11(2)5-8-15-9-7-14-6-3-4-12(13)10-14/h11-12H,3-10,13H2,1-2H3. The molecule has 0 aromatic heterocycles. The summed E-state index contributed by atoms with van der Waals surface area (Å²) in [5.74, 6) is 0.744. The van der Waals surface area contributed by atoms with Crippen LogP contribution in [0.25, 0.3) is 0 Å². The SMILES string of the molecule is CC(C)CCOCCN1CCCC(N)C1. The van der Waals surface area contributed by atoms with E-state index in [2.05, 4.69) is 18.7 Å². The monoisotopic (exact) mass is 214 g/mol. The van der Waals surface area contributed by atoms with Gasteiger partial charge in [-0.25, -0.2) is 0 Å². The van der Waals surface area contributed by atoms with E-state index >= 15 is 0 Å². The lowest BCUT2D eigenvalue weighted by atomic mass is 10.1. The van der Waals surface area contributed by atoms with Crippen molar-refractivity contribution in [3.63, 3.8) is 0 Å². The second-order valence-corrected chi connectivity index (χ2v) is 5.00. The number of ether oxygens (including phenoxy) is 1. The molecular formula is C12H26N2O. The highest BCUT2D eigenvalue weighted by molar-refractivity contribution is 4.74.